The first-order valence-electron chi connectivity index (χ1n) is 4.05. The SMILES string of the molecule is CS(=O)(=O)CC(=O)NCCCS(N)(=O)=O. The van der Waals surface area contributed by atoms with Crippen LogP contribution in [0.3, 0.4) is 0 Å². The Bertz CT molecular complexity index is 411. The lowest BCUT2D eigenvalue weighted by Crippen LogP contribution is -2.31. The summed E-state index contributed by atoms with van der Waals surface area (Å²) in [5.41, 5.74) is 0. The zero-order valence-corrected chi connectivity index (χ0v) is 9.90. The van der Waals surface area contributed by atoms with Crippen molar-refractivity contribution in [1.82, 2.24) is 5.32 Å². The van der Waals surface area contributed by atoms with Gasteiger partial charge in [-0.15, -0.1) is 0 Å². The van der Waals surface area contributed by atoms with E-state index in [-0.39, 0.29) is 18.7 Å². The van der Waals surface area contributed by atoms with Crippen molar-refractivity contribution in [3.63, 3.8) is 0 Å². The maximum atomic E-state index is 10.9. The van der Waals surface area contributed by atoms with Gasteiger partial charge in [0.2, 0.25) is 15.9 Å². The Morgan fingerprint density at radius 2 is 1.80 bits per heavy atom. The second kappa shape index (κ2) is 5.42. The molecule has 0 saturated carbocycles. The summed E-state index contributed by atoms with van der Waals surface area (Å²) in [6, 6.07) is 0. The zero-order valence-electron chi connectivity index (χ0n) is 8.26. The largest absolute Gasteiger partial charge is 0.355 e. The molecule has 0 fully saturated rings. The fraction of sp³-hybridized carbons (Fsp3) is 0.833. The molecule has 9 heteroatoms. The molecule has 0 aromatic carbocycles. The number of hydrogen-bond acceptors (Lipinski definition) is 5. The molecule has 0 atom stereocenters. The predicted octanol–water partition coefficient (Wildman–Crippen LogP) is -2.17. The van der Waals surface area contributed by atoms with Gasteiger partial charge in [0, 0.05) is 12.8 Å². The van der Waals surface area contributed by atoms with E-state index in [0.29, 0.717) is 0 Å². The molecule has 0 spiro atoms. The minimum absolute atomic E-state index is 0.0881. The number of sulfonamides is 1. The zero-order chi connectivity index (χ0) is 12.1. The third-order valence-electron chi connectivity index (χ3n) is 1.32. The smallest absolute Gasteiger partial charge is 0.235 e. The standard InChI is InChI=1S/C6H14N2O5S2/c1-14(10,11)5-6(9)8-3-2-4-15(7,12)13/h2-5H2,1H3,(H,8,9)(H2,7,12,13). The fourth-order valence-electron chi connectivity index (χ4n) is 0.790. The van der Waals surface area contributed by atoms with Crippen molar-refractivity contribution in [3.8, 4) is 0 Å². The number of rotatable bonds is 6. The lowest BCUT2D eigenvalue weighted by Gasteiger charge is -2.03. The molecule has 0 unspecified atom stereocenters. The first-order chi connectivity index (χ1) is 6.60. The number of primary sulfonamides is 1. The summed E-state index contributed by atoms with van der Waals surface area (Å²) >= 11 is 0. The molecule has 7 nitrogen and oxygen atoms in total. The molecule has 0 aromatic heterocycles. The molecule has 0 bridgehead atoms. The molecule has 0 aliphatic heterocycles. The number of amides is 1. The Hall–Kier alpha value is -0.670. The highest BCUT2D eigenvalue weighted by atomic mass is 32.2. The third-order valence-corrected chi connectivity index (χ3v) is 2.97. The molecule has 0 heterocycles. The molecule has 15 heavy (non-hydrogen) atoms. The van der Waals surface area contributed by atoms with Gasteiger partial charge < -0.3 is 5.32 Å². The van der Waals surface area contributed by atoms with Gasteiger partial charge in [-0.05, 0) is 6.42 Å². The van der Waals surface area contributed by atoms with Gasteiger partial charge in [0.15, 0.2) is 9.84 Å². The highest BCUT2D eigenvalue weighted by molar-refractivity contribution is 7.91. The van der Waals surface area contributed by atoms with Gasteiger partial charge in [0.05, 0.1) is 5.75 Å². The van der Waals surface area contributed by atoms with Crippen LogP contribution in [0.15, 0.2) is 0 Å². The van der Waals surface area contributed by atoms with Crippen molar-refractivity contribution >= 4 is 25.8 Å². The first-order valence-corrected chi connectivity index (χ1v) is 7.83. The normalized spacial score (nSPS) is 12.4. The first kappa shape index (κ1) is 14.3. The average molecular weight is 258 g/mol. The van der Waals surface area contributed by atoms with Crippen molar-refractivity contribution in [2.24, 2.45) is 5.14 Å². The predicted molar refractivity (Wildman–Crippen MR) is 55.3 cm³/mol. The summed E-state index contributed by atoms with van der Waals surface area (Å²) in [5.74, 6) is -1.49. The molecule has 3 N–H and O–H groups in total. The molecule has 0 aromatic rings. The van der Waals surface area contributed by atoms with E-state index in [2.05, 4.69) is 5.32 Å². The van der Waals surface area contributed by atoms with E-state index >= 15 is 0 Å². The summed E-state index contributed by atoms with van der Waals surface area (Å²) in [4.78, 5) is 10.9. The van der Waals surface area contributed by atoms with Crippen LogP contribution >= 0.6 is 0 Å². The van der Waals surface area contributed by atoms with E-state index in [1.54, 1.807) is 0 Å². The minimum Gasteiger partial charge on any atom is -0.355 e. The number of carbonyl (C=O) groups excluding carboxylic acids is 1. The van der Waals surface area contributed by atoms with Crippen LogP contribution in [-0.2, 0) is 24.7 Å². The van der Waals surface area contributed by atoms with Crippen molar-refractivity contribution in [2.45, 2.75) is 6.42 Å². The number of carbonyl (C=O) groups is 1. The summed E-state index contributed by atoms with van der Waals surface area (Å²) in [6.07, 6.45) is 1.10. The highest BCUT2D eigenvalue weighted by Gasteiger charge is 2.10. The molecular weight excluding hydrogens is 244 g/mol. The summed E-state index contributed by atoms with van der Waals surface area (Å²) in [7, 11) is -6.87. The van der Waals surface area contributed by atoms with Crippen LogP contribution < -0.4 is 10.5 Å². The number of nitrogens with two attached hydrogens (primary N) is 1. The van der Waals surface area contributed by atoms with Crippen molar-refractivity contribution in [1.29, 1.82) is 0 Å². The Kier molecular flexibility index (Phi) is 5.18. The number of hydrogen-bond donors (Lipinski definition) is 2. The quantitative estimate of drug-likeness (QED) is 0.524. The van der Waals surface area contributed by atoms with E-state index < -0.39 is 31.5 Å². The van der Waals surface area contributed by atoms with Crippen LogP contribution in [0.4, 0.5) is 0 Å². The Labute approximate surface area is 89.0 Å². The van der Waals surface area contributed by atoms with Gasteiger partial charge in [0.25, 0.3) is 0 Å². The Morgan fingerprint density at radius 3 is 2.20 bits per heavy atom. The lowest BCUT2D eigenvalue weighted by atomic mass is 10.5. The molecule has 90 valence electrons. The van der Waals surface area contributed by atoms with Gasteiger partial charge >= 0.3 is 0 Å². The molecule has 0 aliphatic carbocycles. The van der Waals surface area contributed by atoms with Crippen LogP contribution in [-0.4, -0.2) is 47.0 Å². The summed E-state index contributed by atoms with van der Waals surface area (Å²) in [6.45, 7) is 0.0881. The van der Waals surface area contributed by atoms with Crippen LogP contribution in [0.25, 0.3) is 0 Å². The number of sulfone groups is 1. The van der Waals surface area contributed by atoms with E-state index in [0.717, 1.165) is 6.26 Å². The van der Waals surface area contributed by atoms with Crippen LogP contribution in [0.1, 0.15) is 6.42 Å². The van der Waals surface area contributed by atoms with Gasteiger partial charge in [-0.2, -0.15) is 0 Å². The second-order valence-corrected chi connectivity index (χ2v) is 7.01. The van der Waals surface area contributed by atoms with Crippen molar-refractivity contribution in [2.75, 3.05) is 24.3 Å². The maximum absolute atomic E-state index is 10.9. The molecule has 0 saturated heterocycles. The van der Waals surface area contributed by atoms with E-state index in [1.807, 2.05) is 0 Å². The summed E-state index contributed by atoms with van der Waals surface area (Å²) < 4.78 is 42.3. The highest BCUT2D eigenvalue weighted by Crippen LogP contribution is 1.85. The van der Waals surface area contributed by atoms with E-state index in [4.69, 9.17) is 5.14 Å². The fourth-order valence-corrected chi connectivity index (χ4v) is 1.92. The van der Waals surface area contributed by atoms with Gasteiger partial charge in [-0.3, -0.25) is 4.79 Å². The topological polar surface area (TPSA) is 123 Å². The average Bonchev–Trinajstić information content (AvgIpc) is 1.92. The molecule has 0 aliphatic rings. The monoisotopic (exact) mass is 258 g/mol. The Morgan fingerprint density at radius 1 is 1.27 bits per heavy atom. The molecular formula is C6H14N2O5S2. The van der Waals surface area contributed by atoms with Crippen LogP contribution in [0, 0.1) is 0 Å². The number of nitrogens with one attached hydrogen (secondary N) is 1. The molecule has 0 rings (SSSR count). The van der Waals surface area contributed by atoms with Crippen molar-refractivity contribution in [3.05, 3.63) is 0 Å². The van der Waals surface area contributed by atoms with Crippen LogP contribution in [0.2, 0.25) is 0 Å². The lowest BCUT2D eigenvalue weighted by molar-refractivity contribution is -0.118. The van der Waals surface area contributed by atoms with Gasteiger partial charge in [-0.25, -0.2) is 22.0 Å². The third kappa shape index (κ3) is 11.3. The van der Waals surface area contributed by atoms with E-state index in [9.17, 15) is 21.6 Å². The van der Waals surface area contributed by atoms with Gasteiger partial charge in [-0.1, -0.05) is 0 Å². The Balaban J connectivity index is 3.75. The minimum atomic E-state index is -3.53. The molecule has 1 amide bonds. The summed E-state index contributed by atoms with van der Waals surface area (Å²) in [5, 5.41) is 6.99. The molecule has 0 radical (unpaired) electrons. The van der Waals surface area contributed by atoms with Crippen molar-refractivity contribution < 1.29 is 21.6 Å². The maximum Gasteiger partial charge on any atom is 0.235 e. The second-order valence-electron chi connectivity index (χ2n) is 3.14. The van der Waals surface area contributed by atoms with Crippen LogP contribution in [0.5, 0.6) is 0 Å². The van der Waals surface area contributed by atoms with Gasteiger partial charge in [0.1, 0.15) is 5.75 Å². The van der Waals surface area contributed by atoms with E-state index in [1.165, 1.54) is 0 Å².